The van der Waals surface area contributed by atoms with Crippen molar-refractivity contribution in [3.63, 3.8) is 0 Å². The first-order chi connectivity index (χ1) is 9.85. The molecule has 2 aromatic heterocycles. The van der Waals surface area contributed by atoms with Crippen LogP contribution in [0.1, 0.15) is 43.1 Å². The highest BCUT2D eigenvalue weighted by Crippen LogP contribution is 2.26. The summed E-state index contributed by atoms with van der Waals surface area (Å²) in [7, 11) is 0. The molecule has 0 unspecified atom stereocenters. The lowest BCUT2D eigenvalue weighted by molar-refractivity contribution is 0.652. The largest absolute Gasteiger partial charge is 0.308 e. The van der Waals surface area contributed by atoms with E-state index < -0.39 is 0 Å². The zero-order chi connectivity index (χ0) is 13.9. The number of hydrazine groups is 1. The third kappa shape index (κ3) is 2.16. The van der Waals surface area contributed by atoms with E-state index in [-0.39, 0.29) is 0 Å². The predicted octanol–water partition coefficient (Wildman–Crippen LogP) is 1.78. The van der Waals surface area contributed by atoms with E-state index in [1.807, 2.05) is 6.33 Å². The number of nitrogens with one attached hydrogen (secondary N) is 1. The average molecular weight is 272 g/mol. The summed E-state index contributed by atoms with van der Waals surface area (Å²) in [5.74, 6) is 7.19. The van der Waals surface area contributed by atoms with Gasteiger partial charge < -0.3 is 5.43 Å². The standard InChI is InChI=1S/C14H20N6/c1-2-5-10-13(19-15)16-8-17-14(10)20-9-18-11-6-3-4-7-12(11)20/h8-9H,2-7,15H2,1H3,(H,16,17,19). The van der Waals surface area contributed by atoms with Crippen LogP contribution >= 0.6 is 0 Å². The minimum atomic E-state index is 0.704. The summed E-state index contributed by atoms with van der Waals surface area (Å²) in [6, 6.07) is 0. The first kappa shape index (κ1) is 13.1. The molecule has 0 radical (unpaired) electrons. The summed E-state index contributed by atoms with van der Waals surface area (Å²) >= 11 is 0. The number of nitrogen functional groups attached to an aromatic ring is 1. The molecule has 0 saturated carbocycles. The van der Waals surface area contributed by atoms with Gasteiger partial charge in [0.05, 0.1) is 5.69 Å². The Morgan fingerprint density at radius 1 is 1.25 bits per heavy atom. The van der Waals surface area contributed by atoms with Crippen LogP contribution < -0.4 is 11.3 Å². The number of aromatic nitrogens is 4. The number of rotatable bonds is 4. The number of anilines is 1. The number of imidazole rings is 1. The lowest BCUT2D eigenvalue weighted by Crippen LogP contribution is -2.15. The van der Waals surface area contributed by atoms with Crippen LogP contribution in [0.2, 0.25) is 0 Å². The van der Waals surface area contributed by atoms with Gasteiger partial charge in [-0.05, 0) is 32.1 Å². The Kier molecular flexibility index (Phi) is 3.64. The molecule has 3 N–H and O–H groups in total. The van der Waals surface area contributed by atoms with E-state index >= 15 is 0 Å². The van der Waals surface area contributed by atoms with Crippen LogP contribution in [0.3, 0.4) is 0 Å². The highest BCUT2D eigenvalue weighted by atomic mass is 15.3. The number of fused-ring (bicyclic) bond motifs is 1. The van der Waals surface area contributed by atoms with E-state index in [0.29, 0.717) is 5.82 Å². The van der Waals surface area contributed by atoms with E-state index in [0.717, 1.165) is 37.1 Å². The Balaban J connectivity index is 2.12. The molecule has 0 fully saturated rings. The van der Waals surface area contributed by atoms with Gasteiger partial charge in [0.2, 0.25) is 0 Å². The van der Waals surface area contributed by atoms with Gasteiger partial charge in [0.25, 0.3) is 0 Å². The summed E-state index contributed by atoms with van der Waals surface area (Å²) in [6.45, 7) is 2.14. The van der Waals surface area contributed by atoms with Crippen LogP contribution in [0.5, 0.6) is 0 Å². The quantitative estimate of drug-likeness (QED) is 0.655. The van der Waals surface area contributed by atoms with Crippen LogP contribution in [-0.4, -0.2) is 19.5 Å². The van der Waals surface area contributed by atoms with Crippen molar-refractivity contribution in [1.29, 1.82) is 0 Å². The molecule has 106 valence electrons. The predicted molar refractivity (Wildman–Crippen MR) is 77.6 cm³/mol. The minimum Gasteiger partial charge on any atom is -0.308 e. The molecule has 2 aromatic rings. The summed E-state index contributed by atoms with van der Waals surface area (Å²) < 4.78 is 2.11. The first-order valence-electron chi connectivity index (χ1n) is 7.21. The maximum absolute atomic E-state index is 5.58. The van der Waals surface area contributed by atoms with E-state index in [1.165, 1.54) is 24.2 Å². The zero-order valence-corrected chi connectivity index (χ0v) is 11.8. The van der Waals surface area contributed by atoms with Crippen LogP contribution in [-0.2, 0) is 19.3 Å². The van der Waals surface area contributed by atoms with Gasteiger partial charge in [0.15, 0.2) is 0 Å². The molecule has 6 nitrogen and oxygen atoms in total. The van der Waals surface area contributed by atoms with Crippen LogP contribution in [0.15, 0.2) is 12.7 Å². The Morgan fingerprint density at radius 3 is 2.90 bits per heavy atom. The van der Waals surface area contributed by atoms with Crippen molar-refractivity contribution < 1.29 is 0 Å². The van der Waals surface area contributed by atoms with Crippen molar-refractivity contribution in [2.24, 2.45) is 5.84 Å². The fourth-order valence-corrected chi connectivity index (χ4v) is 2.87. The van der Waals surface area contributed by atoms with Crippen molar-refractivity contribution >= 4 is 5.82 Å². The van der Waals surface area contributed by atoms with E-state index in [9.17, 15) is 0 Å². The maximum atomic E-state index is 5.58. The Bertz CT molecular complexity index is 604. The summed E-state index contributed by atoms with van der Waals surface area (Å²) in [5, 5.41) is 0. The fourth-order valence-electron chi connectivity index (χ4n) is 2.87. The maximum Gasteiger partial charge on any atom is 0.148 e. The number of nitrogens with two attached hydrogens (primary N) is 1. The Morgan fingerprint density at radius 2 is 2.10 bits per heavy atom. The van der Waals surface area contributed by atoms with Crippen molar-refractivity contribution in [1.82, 2.24) is 19.5 Å². The summed E-state index contributed by atoms with van der Waals surface area (Å²) in [5.41, 5.74) is 6.23. The van der Waals surface area contributed by atoms with Crippen LogP contribution in [0.4, 0.5) is 5.82 Å². The summed E-state index contributed by atoms with van der Waals surface area (Å²) in [6.07, 6.45) is 9.93. The second kappa shape index (κ2) is 5.58. The molecule has 0 aromatic carbocycles. The van der Waals surface area contributed by atoms with E-state index in [1.54, 1.807) is 6.33 Å². The van der Waals surface area contributed by atoms with Gasteiger partial charge in [-0.15, -0.1) is 0 Å². The molecule has 0 amide bonds. The van der Waals surface area contributed by atoms with Gasteiger partial charge in [-0.2, -0.15) is 0 Å². The fraction of sp³-hybridized carbons (Fsp3) is 0.500. The zero-order valence-electron chi connectivity index (χ0n) is 11.8. The number of aryl methyl sites for hydroxylation is 1. The molecule has 2 heterocycles. The molecule has 1 aliphatic carbocycles. The summed E-state index contributed by atoms with van der Waals surface area (Å²) in [4.78, 5) is 13.2. The third-order valence-electron chi connectivity index (χ3n) is 3.82. The van der Waals surface area contributed by atoms with Gasteiger partial charge in [0, 0.05) is 11.3 Å². The monoisotopic (exact) mass is 272 g/mol. The van der Waals surface area contributed by atoms with Crippen LogP contribution in [0, 0.1) is 0 Å². The van der Waals surface area contributed by atoms with E-state index in [4.69, 9.17) is 5.84 Å². The molecule has 0 atom stereocenters. The highest BCUT2D eigenvalue weighted by Gasteiger charge is 2.19. The highest BCUT2D eigenvalue weighted by molar-refractivity contribution is 5.52. The molecular formula is C14H20N6. The molecule has 3 rings (SSSR count). The van der Waals surface area contributed by atoms with Gasteiger partial charge in [-0.25, -0.2) is 20.8 Å². The van der Waals surface area contributed by atoms with Gasteiger partial charge >= 0.3 is 0 Å². The minimum absolute atomic E-state index is 0.704. The van der Waals surface area contributed by atoms with Crippen LogP contribution in [0.25, 0.3) is 5.82 Å². The topological polar surface area (TPSA) is 81.6 Å². The number of nitrogens with zero attached hydrogens (tertiary/aromatic N) is 4. The van der Waals surface area contributed by atoms with Gasteiger partial charge in [-0.1, -0.05) is 13.3 Å². The van der Waals surface area contributed by atoms with Crippen molar-refractivity contribution in [3.8, 4) is 5.82 Å². The van der Waals surface area contributed by atoms with E-state index in [2.05, 4.69) is 31.9 Å². The molecule has 0 saturated heterocycles. The molecular weight excluding hydrogens is 252 g/mol. The molecule has 0 spiro atoms. The average Bonchev–Trinajstić information content (AvgIpc) is 2.92. The van der Waals surface area contributed by atoms with Crippen molar-refractivity contribution in [2.75, 3.05) is 5.43 Å². The lowest BCUT2D eigenvalue weighted by atomic mass is 10.0. The molecule has 1 aliphatic rings. The smallest absolute Gasteiger partial charge is 0.148 e. The van der Waals surface area contributed by atoms with Gasteiger partial charge in [0.1, 0.15) is 24.3 Å². The Labute approximate surface area is 118 Å². The SMILES string of the molecule is CCCc1c(NN)ncnc1-n1cnc2c1CCCC2. The first-order valence-corrected chi connectivity index (χ1v) is 7.21. The van der Waals surface area contributed by atoms with Gasteiger partial charge in [-0.3, -0.25) is 4.57 Å². The third-order valence-corrected chi connectivity index (χ3v) is 3.82. The second-order valence-electron chi connectivity index (χ2n) is 5.13. The molecule has 6 heteroatoms. The van der Waals surface area contributed by atoms with Crippen molar-refractivity contribution in [3.05, 3.63) is 29.6 Å². The lowest BCUT2D eigenvalue weighted by Gasteiger charge is -2.17. The Hall–Kier alpha value is -1.95. The number of hydrogen-bond donors (Lipinski definition) is 2. The number of hydrogen-bond acceptors (Lipinski definition) is 5. The molecule has 20 heavy (non-hydrogen) atoms. The second-order valence-corrected chi connectivity index (χ2v) is 5.13. The molecule has 0 aliphatic heterocycles. The normalized spacial score (nSPS) is 14.1. The van der Waals surface area contributed by atoms with Crippen molar-refractivity contribution in [2.45, 2.75) is 45.4 Å². The molecule has 0 bridgehead atoms.